The van der Waals surface area contributed by atoms with Crippen LogP contribution in [0.4, 0.5) is 0 Å². The van der Waals surface area contributed by atoms with Gasteiger partial charge >= 0.3 is 5.69 Å². The normalized spacial score (nSPS) is 13.9. The summed E-state index contributed by atoms with van der Waals surface area (Å²) in [5, 5.41) is 0. The summed E-state index contributed by atoms with van der Waals surface area (Å²) in [4.78, 5) is 20.5. The summed E-state index contributed by atoms with van der Waals surface area (Å²) >= 11 is 1.65. The van der Waals surface area contributed by atoms with Crippen molar-refractivity contribution < 1.29 is 0 Å². The number of aryl methyl sites for hydroxylation is 1. The zero-order valence-corrected chi connectivity index (χ0v) is 14.8. The van der Waals surface area contributed by atoms with Crippen molar-refractivity contribution in [2.24, 2.45) is 0 Å². The maximum atomic E-state index is 12.2. The van der Waals surface area contributed by atoms with E-state index in [0.29, 0.717) is 0 Å². The Morgan fingerprint density at radius 1 is 1.28 bits per heavy atom. The standard InChI is InChI=1S/C21H18N2OS/c1-3-7-17-16(4-2)19-20(25-17)18(22-21(24)23-19)15-11-10-13-8-5-6-9-14(13)12-15/h3-9,12H,2,10-11H2,1H3,(H,22,23,24)/b7-3-. The summed E-state index contributed by atoms with van der Waals surface area (Å²) in [7, 11) is 0. The number of nitrogens with zero attached hydrogens (tertiary/aromatic N) is 1. The molecule has 2 aromatic heterocycles. The van der Waals surface area contributed by atoms with Gasteiger partial charge in [-0.1, -0.05) is 43.0 Å². The summed E-state index contributed by atoms with van der Waals surface area (Å²) in [6.45, 7) is 5.90. The predicted molar refractivity (Wildman–Crippen MR) is 108 cm³/mol. The second-order valence-corrected chi connectivity index (χ2v) is 7.10. The van der Waals surface area contributed by atoms with Crippen LogP contribution in [0.1, 0.15) is 40.6 Å². The van der Waals surface area contributed by atoms with Gasteiger partial charge in [-0.3, -0.25) is 0 Å². The molecule has 0 fully saturated rings. The third-order valence-corrected chi connectivity index (χ3v) is 5.69. The van der Waals surface area contributed by atoms with E-state index in [1.54, 1.807) is 17.4 Å². The first kappa shape index (κ1) is 15.8. The highest BCUT2D eigenvalue weighted by atomic mass is 32.1. The van der Waals surface area contributed by atoms with Crippen LogP contribution in [0.5, 0.6) is 0 Å². The Kier molecular flexibility index (Phi) is 3.98. The third kappa shape index (κ3) is 2.68. The second kappa shape index (κ2) is 6.30. The van der Waals surface area contributed by atoms with Crippen molar-refractivity contribution >= 4 is 45.4 Å². The van der Waals surface area contributed by atoms with Crippen LogP contribution in [0.2, 0.25) is 0 Å². The number of aromatic nitrogens is 2. The van der Waals surface area contributed by atoms with Crippen LogP contribution in [-0.4, -0.2) is 9.97 Å². The van der Waals surface area contributed by atoms with Gasteiger partial charge in [0.25, 0.3) is 0 Å². The number of aromatic amines is 1. The Morgan fingerprint density at radius 3 is 2.92 bits per heavy atom. The van der Waals surface area contributed by atoms with Gasteiger partial charge in [-0.2, -0.15) is 4.98 Å². The molecule has 0 saturated carbocycles. The number of H-pyrrole nitrogens is 1. The van der Waals surface area contributed by atoms with E-state index in [1.807, 2.05) is 25.1 Å². The minimum atomic E-state index is -0.310. The molecule has 3 aromatic rings. The van der Waals surface area contributed by atoms with Crippen molar-refractivity contribution in [3.63, 3.8) is 0 Å². The lowest BCUT2D eigenvalue weighted by atomic mass is 9.90. The van der Waals surface area contributed by atoms with Crippen LogP contribution in [0.15, 0.2) is 41.7 Å². The molecular formula is C21H18N2OS. The van der Waals surface area contributed by atoms with Gasteiger partial charge in [0, 0.05) is 10.4 Å². The first-order valence-corrected chi connectivity index (χ1v) is 9.13. The van der Waals surface area contributed by atoms with E-state index in [0.717, 1.165) is 44.8 Å². The Morgan fingerprint density at radius 2 is 2.12 bits per heavy atom. The summed E-state index contributed by atoms with van der Waals surface area (Å²) in [5.74, 6) is 0. The van der Waals surface area contributed by atoms with Gasteiger partial charge in [0.1, 0.15) is 0 Å². The number of benzene rings is 1. The zero-order valence-electron chi connectivity index (χ0n) is 14.0. The van der Waals surface area contributed by atoms with E-state index >= 15 is 0 Å². The molecule has 3 nitrogen and oxygen atoms in total. The van der Waals surface area contributed by atoms with E-state index in [9.17, 15) is 4.79 Å². The minimum absolute atomic E-state index is 0.310. The van der Waals surface area contributed by atoms with Gasteiger partial charge in [0.05, 0.1) is 15.9 Å². The highest BCUT2D eigenvalue weighted by Crippen LogP contribution is 2.38. The lowest BCUT2D eigenvalue weighted by Gasteiger charge is -2.16. The van der Waals surface area contributed by atoms with E-state index in [4.69, 9.17) is 0 Å². The summed E-state index contributed by atoms with van der Waals surface area (Å²) in [6.07, 6.45) is 9.89. The second-order valence-electron chi connectivity index (χ2n) is 6.05. The molecule has 4 heteroatoms. The van der Waals surface area contributed by atoms with Gasteiger partial charge in [-0.15, -0.1) is 11.3 Å². The van der Waals surface area contributed by atoms with Crippen molar-refractivity contribution in [3.8, 4) is 0 Å². The minimum Gasteiger partial charge on any atom is -0.304 e. The summed E-state index contributed by atoms with van der Waals surface area (Å²) in [6, 6.07) is 8.40. The van der Waals surface area contributed by atoms with Gasteiger partial charge < -0.3 is 4.98 Å². The van der Waals surface area contributed by atoms with Crippen LogP contribution in [-0.2, 0) is 6.42 Å². The largest absolute Gasteiger partial charge is 0.346 e. The van der Waals surface area contributed by atoms with E-state index < -0.39 is 0 Å². The Hall–Kier alpha value is -2.72. The van der Waals surface area contributed by atoms with Crippen molar-refractivity contribution in [2.75, 3.05) is 0 Å². The molecule has 0 saturated heterocycles. The average Bonchev–Trinajstić information content (AvgIpc) is 2.98. The van der Waals surface area contributed by atoms with E-state index in [-0.39, 0.29) is 5.69 Å². The van der Waals surface area contributed by atoms with E-state index in [1.165, 1.54) is 11.1 Å². The fourth-order valence-corrected chi connectivity index (χ4v) is 4.61. The molecule has 0 spiro atoms. The Balaban J connectivity index is 1.98. The average molecular weight is 346 g/mol. The number of fused-ring (bicyclic) bond motifs is 2. The van der Waals surface area contributed by atoms with Gasteiger partial charge in [-0.25, -0.2) is 4.79 Å². The molecule has 0 aliphatic heterocycles. The van der Waals surface area contributed by atoms with Crippen molar-refractivity contribution in [1.29, 1.82) is 0 Å². The van der Waals surface area contributed by atoms with Gasteiger partial charge in [-0.05, 0) is 48.6 Å². The molecule has 1 aromatic carbocycles. The monoisotopic (exact) mass is 346 g/mol. The maximum absolute atomic E-state index is 12.2. The lowest BCUT2D eigenvalue weighted by molar-refractivity contribution is 0.985. The molecule has 25 heavy (non-hydrogen) atoms. The number of hydrogen-bond donors (Lipinski definition) is 1. The molecule has 1 N–H and O–H groups in total. The molecule has 0 amide bonds. The van der Waals surface area contributed by atoms with Gasteiger partial charge in [0.2, 0.25) is 0 Å². The zero-order chi connectivity index (χ0) is 17.4. The number of thiophene rings is 1. The quantitative estimate of drug-likeness (QED) is 0.713. The molecule has 4 rings (SSSR count). The first-order valence-electron chi connectivity index (χ1n) is 8.32. The van der Waals surface area contributed by atoms with Crippen molar-refractivity contribution in [2.45, 2.75) is 19.8 Å². The molecular weight excluding hydrogens is 328 g/mol. The summed E-state index contributed by atoms with van der Waals surface area (Å²) in [5.41, 5.74) is 5.98. The SMILES string of the molecule is C=Cc1c(/C=C\C)sc2c(C3=Cc4ccccc4CC3)nc(=O)[nH]c12. The van der Waals surface area contributed by atoms with Crippen molar-refractivity contribution in [3.05, 3.63) is 74.7 Å². The number of hydrogen-bond acceptors (Lipinski definition) is 3. The molecule has 0 bridgehead atoms. The first-order chi connectivity index (χ1) is 12.2. The predicted octanol–water partition coefficient (Wildman–Crippen LogP) is 5.15. The van der Waals surface area contributed by atoms with Crippen LogP contribution < -0.4 is 5.69 Å². The lowest BCUT2D eigenvalue weighted by Crippen LogP contribution is -2.13. The molecule has 2 heterocycles. The molecule has 0 atom stereocenters. The highest BCUT2D eigenvalue weighted by molar-refractivity contribution is 7.20. The van der Waals surface area contributed by atoms with Crippen LogP contribution in [0.3, 0.4) is 0 Å². The smallest absolute Gasteiger partial charge is 0.304 e. The molecule has 1 aliphatic rings. The number of allylic oxidation sites excluding steroid dienone is 2. The highest BCUT2D eigenvalue weighted by Gasteiger charge is 2.19. The molecule has 1 aliphatic carbocycles. The van der Waals surface area contributed by atoms with Crippen LogP contribution >= 0.6 is 11.3 Å². The fourth-order valence-electron chi connectivity index (χ4n) is 3.35. The number of nitrogens with one attached hydrogen (secondary N) is 1. The topological polar surface area (TPSA) is 45.8 Å². The Labute approximate surface area is 150 Å². The molecule has 124 valence electrons. The summed E-state index contributed by atoms with van der Waals surface area (Å²) < 4.78 is 1.02. The van der Waals surface area contributed by atoms with Crippen molar-refractivity contribution in [1.82, 2.24) is 9.97 Å². The third-order valence-electron chi connectivity index (χ3n) is 4.51. The maximum Gasteiger partial charge on any atom is 0.346 e. The number of rotatable bonds is 3. The molecule has 0 radical (unpaired) electrons. The van der Waals surface area contributed by atoms with E-state index in [2.05, 4.69) is 40.8 Å². The fraction of sp³-hybridized carbons (Fsp3) is 0.143. The van der Waals surface area contributed by atoms with Gasteiger partial charge in [0.15, 0.2) is 0 Å². The molecule has 0 unspecified atom stereocenters. The Bertz CT molecular complexity index is 1100. The van der Waals surface area contributed by atoms with Crippen LogP contribution in [0, 0.1) is 0 Å². The van der Waals surface area contributed by atoms with Crippen LogP contribution in [0.25, 0.3) is 34.0 Å².